The molecule has 2 heterocycles. The number of piperazine rings is 1. The quantitative estimate of drug-likeness (QED) is 0.908. The van der Waals surface area contributed by atoms with E-state index >= 15 is 0 Å². The Morgan fingerprint density at radius 2 is 2.08 bits per heavy atom. The van der Waals surface area contributed by atoms with E-state index < -0.39 is 11.6 Å². The van der Waals surface area contributed by atoms with Crippen molar-refractivity contribution in [3.63, 3.8) is 0 Å². The van der Waals surface area contributed by atoms with Gasteiger partial charge in [-0.3, -0.25) is 9.59 Å². The summed E-state index contributed by atoms with van der Waals surface area (Å²) in [5.41, 5.74) is 2.01. The van der Waals surface area contributed by atoms with Crippen LogP contribution < -0.4 is 5.32 Å². The summed E-state index contributed by atoms with van der Waals surface area (Å²) in [6.45, 7) is 4.40. The lowest BCUT2D eigenvalue weighted by Crippen LogP contribution is -2.50. The molecule has 1 aromatic heterocycles. The van der Waals surface area contributed by atoms with Gasteiger partial charge in [-0.2, -0.15) is 5.10 Å². The minimum Gasteiger partial charge on any atom is -0.353 e. The van der Waals surface area contributed by atoms with Crippen LogP contribution in [0.4, 0.5) is 8.78 Å². The van der Waals surface area contributed by atoms with Crippen molar-refractivity contribution in [1.29, 1.82) is 0 Å². The number of rotatable bonds is 3. The minimum absolute atomic E-state index is 0.0393. The number of hydrogen-bond acceptors (Lipinski definition) is 3. The summed E-state index contributed by atoms with van der Waals surface area (Å²) in [6, 6.07) is 3.26. The van der Waals surface area contributed by atoms with Crippen molar-refractivity contribution in [2.24, 2.45) is 0 Å². The van der Waals surface area contributed by atoms with Crippen molar-refractivity contribution in [3.05, 3.63) is 46.8 Å². The predicted octanol–water partition coefficient (Wildman–Crippen LogP) is 1.27. The average Bonchev–Trinajstić information content (AvgIpc) is 2.83. The van der Waals surface area contributed by atoms with Gasteiger partial charge >= 0.3 is 0 Å². The van der Waals surface area contributed by atoms with Gasteiger partial charge in [0, 0.05) is 30.4 Å². The van der Waals surface area contributed by atoms with Gasteiger partial charge in [0.05, 0.1) is 18.7 Å². The van der Waals surface area contributed by atoms with Crippen molar-refractivity contribution in [3.8, 4) is 5.69 Å². The van der Waals surface area contributed by atoms with Crippen LogP contribution in [0.15, 0.2) is 18.2 Å². The Labute approximate surface area is 143 Å². The Bertz CT molecular complexity index is 847. The van der Waals surface area contributed by atoms with Crippen LogP contribution in [-0.4, -0.2) is 46.1 Å². The lowest BCUT2D eigenvalue weighted by molar-refractivity contribution is -0.137. The number of nitrogens with zero attached hydrogens (tertiary/aromatic N) is 3. The normalized spacial score (nSPS) is 14.6. The standard InChI is InChI=1S/C17H18F2N4O2/c1-10-13(8-17(25)22-6-5-20-16(24)9-22)11(2)23(21-10)15-4-3-12(18)7-14(15)19/h3-4,7H,5-6,8-9H2,1-2H3,(H,20,24). The lowest BCUT2D eigenvalue weighted by atomic mass is 10.1. The topological polar surface area (TPSA) is 67.2 Å². The van der Waals surface area contributed by atoms with Crippen molar-refractivity contribution in [2.75, 3.05) is 19.6 Å². The Kier molecular flexibility index (Phi) is 4.52. The molecule has 1 aliphatic heterocycles. The summed E-state index contributed by atoms with van der Waals surface area (Å²) < 4.78 is 28.5. The number of carbonyl (C=O) groups is 2. The summed E-state index contributed by atoms with van der Waals surface area (Å²) in [4.78, 5) is 25.4. The molecule has 0 atom stereocenters. The molecule has 2 aromatic rings. The molecule has 25 heavy (non-hydrogen) atoms. The smallest absolute Gasteiger partial charge is 0.239 e. The Balaban J connectivity index is 1.87. The van der Waals surface area contributed by atoms with E-state index in [1.165, 1.54) is 15.6 Å². The van der Waals surface area contributed by atoms with Gasteiger partial charge in [0.25, 0.3) is 0 Å². The van der Waals surface area contributed by atoms with E-state index in [1.54, 1.807) is 13.8 Å². The summed E-state index contributed by atoms with van der Waals surface area (Å²) in [7, 11) is 0. The fraction of sp³-hybridized carbons (Fsp3) is 0.353. The van der Waals surface area contributed by atoms with Crippen LogP contribution in [0.25, 0.3) is 5.69 Å². The highest BCUT2D eigenvalue weighted by Gasteiger charge is 2.24. The van der Waals surface area contributed by atoms with Gasteiger partial charge in [-0.25, -0.2) is 13.5 Å². The zero-order chi connectivity index (χ0) is 18.1. The second kappa shape index (κ2) is 6.62. The summed E-state index contributed by atoms with van der Waals surface area (Å²) in [5.74, 6) is -1.75. The van der Waals surface area contributed by atoms with Gasteiger partial charge in [-0.1, -0.05) is 0 Å². The predicted molar refractivity (Wildman–Crippen MR) is 86.2 cm³/mol. The van der Waals surface area contributed by atoms with Gasteiger partial charge in [0.2, 0.25) is 11.8 Å². The third kappa shape index (κ3) is 3.38. The Hall–Kier alpha value is -2.77. The number of hydrogen-bond donors (Lipinski definition) is 1. The molecule has 1 aliphatic rings. The zero-order valence-corrected chi connectivity index (χ0v) is 14.0. The first-order valence-electron chi connectivity index (χ1n) is 7.92. The molecular weight excluding hydrogens is 330 g/mol. The molecule has 0 aliphatic carbocycles. The second-order valence-corrected chi connectivity index (χ2v) is 6.00. The van der Waals surface area contributed by atoms with Crippen LogP contribution in [0.3, 0.4) is 0 Å². The monoisotopic (exact) mass is 348 g/mol. The van der Waals surface area contributed by atoms with Crippen LogP contribution in [0.2, 0.25) is 0 Å². The van der Waals surface area contributed by atoms with Gasteiger partial charge in [0.15, 0.2) is 5.82 Å². The summed E-state index contributed by atoms with van der Waals surface area (Å²) in [5, 5.41) is 6.96. The maximum Gasteiger partial charge on any atom is 0.239 e. The highest BCUT2D eigenvalue weighted by Crippen LogP contribution is 2.21. The van der Waals surface area contributed by atoms with E-state index in [2.05, 4.69) is 10.4 Å². The molecule has 3 rings (SSSR count). The number of nitrogens with one attached hydrogen (secondary N) is 1. The molecule has 0 bridgehead atoms. The molecule has 132 valence electrons. The molecule has 6 nitrogen and oxygen atoms in total. The first-order valence-corrected chi connectivity index (χ1v) is 7.92. The molecule has 1 saturated heterocycles. The van der Waals surface area contributed by atoms with Crippen LogP contribution in [0.5, 0.6) is 0 Å². The van der Waals surface area contributed by atoms with Crippen LogP contribution in [-0.2, 0) is 16.0 Å². The van der Waals surface area contributed by atoms with Crippen LogP contribution in [0, 0.1) is 25.5 Å². The molecule has 1 fully saturated rings. The number of aromatic nitrogens is 2. The van der Waals surface area contributed by atoms with Gasteiger partial charge < -0.3 is 10.2 Å². The third-order valence-corrected chi connectivity index (χ3v) is 4.30. The van der Waals surface area contributed by atoms with Crippen LogP contribution >= 0.6 is 0 Å². The first-order chi connectivity index (χ1) is 11.9. The SMILES string of the molecule is Cc1nn(-c2ccc(F)cc2F)c(C)c1CC(=O)N1CCNC(=O)C1. The van der Waals surface area contributed by atoms with Crippen LogP contribution in [0.1, 0.15) is 17.0 Å². The summed E-state index contributed by atoms with van der Waals surface area (Å²) >= 11 is 0. The Morgan fingerprint density at radius 1 is 1.32 bits per heavy atom. The second-order valence-electron chi connectivity index (χ2n) is 6.00. The van der Waals surface area contributed by atoms with E-state index in [0.29, 0.717) is 30.0 Å². The largest absolute Gasteiger partial charge is 0.353 e. The molecule has 0 saturated carbocycles. The number of amides is 2. The maximum atomic E-state index is 14.0. The first kappa shape index (κ1) is 17.1. The summed E-state index contributed by atoms with van der Waals surface area (Å²) in [6.07, 6.45) is 0.0771. The number of aryl methyl sites for hydroxylation is 1. The van der Waals surface area contributed by atoms with E-state index in [1.807, 2.05) is 0 Å². The molecule has 0 spiro atoms. The number of halogens is 2. The fourth-order valence-corrected chi connectivity index (χ4v) is 2.93. The minimum atomic E-state index is -0.726. The van der Waals surface area contributed by atoms with Gasteiger partial charge in [-0.05, 0) is 26.0 Å². The number of benzene rings is 1. The van der Waals surface area contributed by atoms with Crippen molar-refractivity contribution < 1.29 is 18.4 Å². The Morgan fingerprint density at radius 3 is 2.76 bits per heavy atom. The fourth-order valence-electron chi connectivity index (χ4n) is 2.93. The number of carbonyl (C=O) groups excluding carboxylic acids is 2. The van der Waals surface area contributed by atoms with Crippen molar-refractivity contribution in [1.82, 2.24) is 20.0 Å². The zero-order valence-electron chi connectivity index (χ0n) is 14.0. The lowest BCUT2D eigenvalue weighted by Gasteiger charge is -2.26. The molecular formula is C17H18F2N4O2. The van der Waals surface area contributed by atoms with E-state index in [-0.39, 0.29) is 30.5 Å². The molecule has 0 radical (unpaired) electrons. The molecule has 8 heteroatoms. The highest BCUT2D eigenvalue weighted by atomic mass is 19.1. The van der Waals surface area contributed by atoms with E-state index in [4.69, 9.17) is 0 Å². The third-order valence-electron chi connectivity index (χ3n) is 4.30. The molecule has 1 N–H and O–H groups in total. The van der Waals surface area contributed by atoms with Gasteiger partial charge in [-0.15, -0.1) is 0 Å². The molecule has 0 unspecified atom stereocenters. The molecule has 2 amide bonds. The maximum absolute atomic E-state index is 14.0. The molecule has 1 aromatic carbocycles. The van der Waals surface area contributed by atoms with Gasteiger partial charge in [0.1, 0.15) is 11.5 Å². The van der Waals surface area contributed by atoms with Crippen molar-refractivity contribution >= 4 is 11.8 Å². The highest BCUT2D eigenvalue weighted by molar-refractivity contribution is 5.87. The van der Waals surface area contributed by atoms with Crippen molar-refractivity contribution in [2.45, 2.75) is 20.3 Å². The van der Waals surface area contributed by atoms with E-state index in [9.17, 15) is 18.4 Å². The average molecular weight is 348 g/mol. The van der Waals surface area contributed by atoms with E-state index in [0.717, 1.165) is 12.1 Å².